The van der Waals surface area contributed by atoms with E-state index in [9.17, 15) is 50.8 Å². The number of phenols is 3. The predicted octanol–water partition coefficient (Wildman–Crippen LogP) is -1.01. The van der Waals surface area contributed by atoms with Gasteiger partial charge in [-0.25, -0.2) is 0 Å². The molecule has 2 aliphatic heterocycles. The van der Waals surface area contributed by atoms with Crippen molar-refractivity contribution in [1.29, 1.82) is 0 Å². The molecular formula is C27H30O15. The second-order valence-corrected chi connectivity index (χ2v) is 10.2. The standard InChI is InChI=1S/C27H30O15/c1-8-17(31)20(34)22(36)26(38-8)40-11-6-14(30)16-15(7-11)41-24(10-3-4-12(28)13(29)5-10)25(19(16)33)42-27-23(37)21(35)18(32)9(2)39-27/h3-9,17-18,20-23,26-32,34-37H,1-2H3/t8-,9+,17-,18+,20-,21+,22-,23-,26+,27-/m1/s1. The zero-order chi connectivity index (χ0) is 30.6. The number of aromatic hydroxyl groups is 3. The Morgan fingerprint density at radius 2 is 1.24 bits per heavy atom. The van der Waals surface area contributed by atoms with E-state index in [0.717, 1.165) is 24.3 Å². The number of rotatable bonds is 5. The minimum Gasteiger partial charge on any atom is -0.507 e. The first-order valence-electron chi connectivity index (χ1n) is 12.9. The number of hydrogen-bond donors (Lipinski definition) is 9. The van der Waals surface area contributed by atoms with Crippen LogP contribution in [0.2, 0.25) is 0 Å². The van der Waals surface area contributed by atoms with E-state index in [1.807, 2.05) is 0 Å². The molecule has 9 N–H and O–H groups in total. The van der Waals surface area contributed by atoms with E-state index in [1.165, 1.54) is 19.9 Å². The lowest BCUT2D eigenvalue weighted by Crippen LogP contribution is -2.58. The number of fused-ring (bicyclic) bond motifs is 1. The normalized spacial score (nSPS) is 33.4. The maximum Gasteiger partial charge on any atom is 0.239 e. The van der Waals surface area contributed by atoms with Crippen LogP contribution in [0.3, 0.4) is 0 Å². The lowest BCUT2D eigenvalue weighted by atomic mass is 10.00. The molecule has 15 heteroatoms. The van der Waals surface area contributed by atoms with Crippen molar-refractivity contribution in [2.45, 2.75) is 75.3 Å². The van der Waals surface area contributed by atoms with Crippen LogP contribution in [0.5, 0.6) is 28.7 Å². The highest BCUT2D eigenvalue weighted by molar-refractivity contribution is 5.88. The SMILES string of the molecule is C[C@@H]1O[C@H](Oc2c(-c3ccc(O)c(O)c3)oc3cc(O[C@@H]4O[C@H](C)[C@@H](O)[C@@H](O)[C@H]4O)cc(O)c3c2=O)[C@H](O)[C@@H](O)[C@H]1O. The van der Waals surface area contributed by atoms with Gasteiger partial charge in [-0.2, -0.15) is 0 Å². The first kappa shape index (κ1) is 29.8. The lowest BCUT2D eigenvalue weighted by molar-refractivity contribution is -0.268. The van der Waals surface area contributed by atoms with Crippen LogP contribution in [-0.2, 0) is 9.47 Å². The van der Waals surface area contributed by atoms with E-state index in [4.69, 9.17) is 23.4 Å². The van der Waals surface area contributed by atoms with Gasteiger partial charge >= 0.3 is 0 Å². The number of aliphatic hydroxyl groups is 6. The fraction of sp³-hybridized carbons (Fsp3) is 0.444. The van der Waals surface area contributed by atoms with Crippen LogP contribution in [0, 0.1) is 0 Å². The molecule has 3 aromatic rings. The van der Waals surface area contributed by atoms with E-state index in [-0.39, 0.29) is 22.7 Å². The van der Waals surface area contributed by atoms with Gasteiger partial charge < -0.3 is 69.3 Å². The van der Waals surface area contributed by atoms with Crippen LogP contribution in [0.15, 0.2) is 39.5 Å². The maximum absolute atomic E-state index is 13.7. The predicted molar refractivity (Wildman–Crippen MR) is 139 cm³/mol. The van der Waals surface area contributed by atoms with Crippen LogP contribution in [0.25, 0.3) is 22.3 Å². The molecule has 2 fully saturated rings. The molecule has 0 amide bonds. The molecule has 2 saturated heterocycles. The van der Waals surface area contributed by atoms with Crippen molar-refractivity contribution < 1.29 is 69.3 Å². The van der Waals surface area contributed by atoms with Gasteiger partial charge in [-0.3, -0.25) is 4.79 Å². The summed E-state index contributed by atoms with van der Waals surface area (Å²) in [6.07, 6.45) is -14.7. The summed E-state index contributed by atoms with van der Waals surface area (Å²) in [5.41, 5.74) is -1.26. The zero-order valence-electron chi connectivity index (χ0n) is 22.1. The Balaban J connectivity index is 1.61. The zero-order valence-corrected chi connectivity index (χ0v) is 22.1. The number of benzene rings is 2. The highest BCUT2D eigenvalue weighted by atomic mass is 16.7. The third-order valence-corrected chi connectivity index (χ3v) is 7.25. The van der Waals surface area contributed by atoms with Gasteiger partial charge in [0.25, 0.3) is 0 Å². The van der Waals surface area contributed by atoms with Gasteiger partial charge in [-0.15, -0.1) is 0 Å². The van der Waals surface area contributed by atoms with Gasteiger partial charge in [0.05, 0.1) is 12.2 Å². The Bertz CT molecular complexity index is 1520. The molecule has 2 aliphatic rings. The van der Waals surface area contributed by atoms with Crippen LogP contribution < -0.4 is 14.9 Å². The average Bonchev–Trinajstić information content (AvgIpc) is 2.94. The third kappa shape index (κ3) is 5.21. The van der Waals surface area contributed by atoms with E-state index >= 15 is 0 Å². The summed E-state index contributed by atoms with van der Waals surface area (Å²) in [7, 11) is 0. The van der Waals surface area contributed by atoms with Gasteiger partial charge in [0, 0.05) is 17.7 Å². The molecule has 0 bridgehead atoms. The van der Waals surface area contributed by atoms with Crippen LogP contribution in [0.1, 0.15) is 13.8 Å². The largest absolute Gasteiger partial charge is 0.507 e. The smallest absolute Gasteiger partial charge is 0.239 e. The fourth-order valence-electron chi connectivity index (χ4n) is 4.76. The summed E-state index contributed by atoms with van der Waals surface area (Å²) in [5.74, 6) is -2.89. The molecule has 0 saturated carbocycles. The van der Waals surface area contributed by atoms with Gasteiger partial charge in [-0.1, -0.05) is 0 Å². The average molecular weight is 595 g/mol. The number of ether oxygens (including phenoxy) is 4. The highest BCUT2D eigenvalue weighted by Crippen LogP contribution is 2.40. The van der Waals surface area contributed by atoms with Crippen molar-refractivity contribution >= 4 is 11.0 Å². The number of phenolic OH excluding ortho intramolecular Hbond substituents is 3. The third-order valence-electron chi connectivity index (χ3n) is 7.25. The van der Waals surface area contributed by atoms with E-state index in [1.54, 1.807) is 0 Å². The lowest BCUT2D eigenvalue weighted by Gasteiger charge is -2.39. The van der Waals surface area contributed by atoms with E-state index in [2.05, 4.69) is 0 Å². The summed E-state index contributed by atoms with van der Waals surface area (Å²) in [6, 6.07) is 5.59. The molecule has 10 atom stereocenters. The van der Waals surface area contributed by atoms with Crippen LogP contribution in [-0.4, -0.2) is 107 Å². The van der Waals surface area contributed by atoms with Crippen molar-refractivity contribution in [3.8, 4) is 40.1 Å². The molecule has 1 aromatic heterocycles. The van der Waals surface area contributed by atoms with Crippen LogP contribution in [0.4, 0.5) is 0 Å². The molecule has 0 spiro atoms. The number of aliphatic hydroxyl groups excluding tert-OH is 6. The second-order valence-electron chi connectivity index (χ2n) is 10.2. The Labute approximate surface area is 236 Å². The fourth-order valence-corrected chi connectivity index (χ4v) is 4.76. The quantitative estimate of drug-likeness (QED) is 0.161. The molecule has 2 aromatic carbocycles. The summed E-state index contributed by atoms with van der Waals surface area (Å²) in [4.78, 5) is 13.7. The molecule has 5 rings (SSSR count). The van der Waals surface area contributed by atoms with Crippen molar-refractivity contribution in [3.63, 3.8) is 0 Å². The van der Waals surface area contributed by atoms with Crippen molar-refractivity contribution in [1.82, 2.24) is 0 Å². The first-order valence-corrected chi connectivity index (χ1v) is 12.9. The molecule has 3 heterocycles. The molecule has 15 nitrogen and oxygen atoms in total. The second kappa shape index (κ2) is 11.2. The Hall–Kier alpha value is -3.67. The highest BCUT2D eigenvalue weighted by Gasteiger charge is 2.45. The summed E-state index contributed by atoms with van der Waals surface area (Å²) >= 11 is 0. The van der Waals surface area contributed by atoms with E-state index in [0.29, 0.717) is 0 Å². The molecular weight excluding hydrogens is 564 g/mol. The minimum atomic E-state index is -1.81. The van der Waals surface area contributed by atoms with Crippen molar-refractivity contribution in [2.75, 3.05) is 0 Å². The Morgan fingerprint density at radius 3 is 1.81 bits per heavy atom. The molecule has 0 aliphatic carbocycles. The number of hydrogen-bond acceptors (Lipinski definition) is 15. The first-order chi connectivity index (χ1) is 19.8. The monoisotopic (exact) mass is 594 g/mol. The van der Waals surface area contributed by atoms with E-state index < -0.39 is 95.2 Å². The minimum absolute atomic E-state index is 0.000938. The van der Waals surface area contributed by atoms with Gasteiger partial charge in [-0.05, 0) is 32.0 Å². The van der Waals surface area contributed by atoms with Gasteiger partial charge in [0.1, 0.15) is 59.1 Å². The summed E-state index contributed by atoms with van der Waals surface area (Å²) < 4.78 is 28.0. The van der Waals surface area contributed by atoms with Crippen molar-refractivity contribution in [2.24, 2.45) is 0 Å². The Morgan fingerprint density at radius 1 is 0.667 bits per heavy atom. The Kier molecular flexibility index (Phi) is 7.95. The molecule has 228 valence electrons. The molecule has 42 heavy (non-hydrogen) atoms. The summed E-state index contributed by atoms with van der Waals surface area (Å²) in [6.45, 7) is 2.85. The van der Waals surface area contributed by atoms with Crippen molar-refractivity contribution in [3.05, 3.63) is 40.6 Å². The molecule has 0 unspecified atom stereocenters. The topological polar surface area (TPSA) is 249 Å². The maximum atomic E-state index is 13.7. The van der Waals surface area contributed by atoms with Gasteiger partial charge in [0.15, 0.2) is 17.3 Å². The summed E-state index contributed by atoms with van der Waals surface area (Å²) in [5, 5.41) is 91.2. The molecule has 0 radical (unpaired) electrons. The van der Waals surface area contributed by atoms with Gasteiger partial charge in [0.2, 0.25) is 23.8 Å². The van der Waals surface area contributed by atoms with Crippen LogP contribution >= 0.6 is 0 Å².